The van der Waals surface area contributed by atoms with Gasteiger partial charge in [0, 0.05) is 13.1 Å². The van der Waals surface area contributed by atoms with Gasteiger partial charge in [0.2, 0.25) is 0 Å². The molecule has 2 nitrogen and oxygen atoms in total. The average Bonchev–Trinajstić information content (AvgIpc) is 2.69. The number of nitrogens with zero attached hydrogens (tertiary/aromatic N) is 2. The van der Waals surface area contributed by atoms with Gasteiger partial charge in [0.1, 0.15) is 17.7 Å². The molecule has 3 aliphatic rings. The largest absolute Gasteiger partial charge is 0.352 e. The first kappa shape index (κ1) is 9.80. The summed E-state index contributed by atoms with van der Waals surface area (Å²) >= 11 is 0. The van der Waals surface area contributed by atoms with Gasteiger partial charge in [-0.25, -0.2) is 0 Å². The Balaban J connectivity index is 1.88. The highest BCUT2D eigenvalue weighted by Gasteiger charge is 2.37. The van der Waals surface area contributed by atoms with E-state index in [9.17, 15) is 0 Å². The molecule has 1 aliphatic heterocycles. The van der Waals surface area contributed by atoms with Gasteiger partial charge in [0.15, 0.2) is 5.84 Å². The molecule has 82 valence electrons. The first-order valence-corrected chi connectivity index (χ1v) is 6.13. The van der Waals surface area contributed by atoms with E-state index < -0.39 is 0 Å². The van der Waals surface area contributed by atoms with Crippen LogP contribution in [0.3, 0.4) is 0 Å². The van der Waals surface area contributed by atoms with Gasteiger partial charge in [-0.3, -0.25) is 4.99 Å². The topological polar surface area (TPSA) is 15.6 Å². The molecule has 2 heteroatoms. The van der Waals surface area contributed by atoms with Crippen LogP contribution in [0.25, 0.3) is 0 Å². The van der Waals surface area contributed by atoms with Gasteiger partial charge in [0.05, 0.1) is 24.2 Å². The third-order valence-electron chi connectivity index (χ3n) is 3.79. The van der Waals surface area contributed by atoms with E-state index in [0.717, 1.165) is 0 Å². The summed E-state index contributed by atoms with van der Waals surface area (Å²) < 4.78 is 0. The van der Waals surface area contributed by atoms with Gasteiger partial charge >= 0.3 is 0 Å². The molecule has 0 saturated heterocycles. The number of hydrogen-bond donors (Lipinski definition) is 0. The molecule has 1 heterocycles. The summed E-state index contributed by atoms with van der Waals surface area (Å²) in [6, 6.07) is 1.19. The molecule has 0 spiro atoms. The van der Waals surface area contributed by atoms with E-state index in [4.69, 9.17) is 4.99 Å². The highest BCUT2D eigenvalue weighted by Crippen LogP contribution is 2.31. The van der Waals surface area contributed by atoms with Crippen LogP contribution in [0.2, 0.25) is 0 Å². The zero-order valence-corrected chi connectivity index (χ0v) is 9.69. The van der Waals surface area contributed by atoms with Crippen molar-refractivity contribution in [3.05, 3.63) is 36.0 Å². The van der Waals surface area contributed by atoms with Crippen molar-refractivity contribution < 1.29 is 0 Å². The fraction of sp³-hybridized carbons (Fsp3) is 0.500. The molecule has 0 aromatic carbocycles. The van der Waals surface area contributed by atoms with Crippen LogP contribution in [0.5, 0.6) is 0 Å². The number of hydrogen-bond acceptors (Lipinski definition) is 2. The van der Waals surface area contributed by atoms with Crippen molar-refractivity contribution in [1.29, 1.82) is 0 Å². The number of likely N-dealkylation sites (N-methyl/N-ethyl adjacent to an activating group) is 1. The lowest BCUT2D eigenvalue weighted by molar-refractivity contribution is 0.276. The predicted molar refractivity (Wildman–Crippen MR) is 66.3 cm³/mol. The molecule has 2 aliphatic carbocycles. The quantitative estimate of drug-likeness (QED) is 0.611. The van der Waals surface area contributed by atoms with Crippen LogP contribution in [0.4, 0.5) is 0 Å². The van der Waals surface area contributed by atoms with Crippen LogP contribution in [-0.2, 0) is 0 Å². The van der Waals surface area contributed by atoms with E-state index in [1.165, 1.54) is 37.1 Å². The van der Waals surface area contributed by atoms with Crippen LogP contribution >= 0.6 is 0 Å². The van der Waals surface area contributed by atoms with Gasteiger partial charge in [-0.05, 0) is 12.8 Å². The first-order chi connectivity index (χ1) is 7.86. The molecule has 0 N–H and O–H groups in total. The molecule has 2 atom stereocenters. The Bertz CT molecular complexity index is 401. The van der Waals surface area contributed by atoms with E-state index in [1.807, 2.05) is 12.2 Å². The second-order valence-electron chi connectivity index (χ2n) is 4.77. The lowest BCUT2D eigenvalue weighted by atomic mass is 9.91. The van der Waals surface area contributed by atoms with Crippen molar-refractivity contribution >= 4 is 5.84 Å². The van der Waals surface area contributed by atoms with Gasteiger partial charge in [0.25, 0.3) is 0 Å². The van der Waals surface area contributed by atoms with Gasteiger partial charge in [-0.1, -0.05) is 12.8 Å². The third kappa shape index (κ3) is 1.50. The highest BCUT2D eigenvalue weighted by molar-refractivity contribution is 6.02. The van der Waals surface area contributed by atoms with Crippen LogP contribution in [0, 0.1) is 6.08 Å². The van der Waals surface area contributed by atoms with Crippen LogP contribution in [-0.4, -0.2) is 29.9 Å². The summed E-state index contributed by atoms with van der Waals surface area (Å²) in [5.41, 5.74) is 1.23. The maximum absolute atomic E-state index is 4.89. The maximum atomic E-state index is 4.89. The summed E-state index contributed by atoms with van der Waals surface area (Å²) in [5.74, 6) is 1.17. The number of fused-ring (bicyclic) bond motifs is 1. The van der Waals surface area contributed by atoms with Gasteiger partial charge in [-0.2, -0.15) is 0 Å². The molecule has 0 unspecified atom stereocenters. The molecule has 0 aromatic heterocycles. The van der Waals surface area contributed by atoms with Crippen LogP contribution in [0.1, 0.15) is 25.7 Å². The first-order valence-electron chi connectivity index (χ1n) is 6.13. The van der Waals surface area contributed by atoms with Gasteiger partial charge in [-0.15, -0.1) is 0 Å². The Hall–Kier alpha value is -1.40. The van der Waals surface area contributed by atoms with Crippen molar-refractivity contribution in [1.82, 2.24) is 4.90 Å². The Morgan fingerprint density at radius 3 is 3.00 bits per heavy atom. The molecule has 1 fully saturated rings. The molecule has 16 heavy (non-hydrogen) atoms. The maximum Gasteiger partial charge on any atom is 0.159 e. The predicted octanol–water partition coefficient (Wildman–Crippen LogP) is 2.50. The van der Waals surface area contributed by atoms with Crippen molar-refractivity contribution in [2.24, 2.45) is 4.99 Å². The third-order valence-corrected chi connectivity index (χ3v) is 3.79. The van der Waals surface area contributed by atoms with Gasteiger partial charge < -0.3 is 4.90 Å². The molecule has 0 radical (unpaired) electrons. The number of aliphatic imine (C=N–C) groups is 1. The molecule has 0 aromatic rings. The van der Waals surface area contributed by atoms with E-state index >= 15 is 0 Å². The summed E-state index contributed by atoms with van der Waals surface area (Å²) in [4.78, 5) is 7.26. The fourth-order valence-electron chi connectivity index (χ4n) is 2.91. The molecule has 0 amide bonds. The Morgan fingerprint density at radius 1 is 1.38 bits per heavy atom. The second-order valence-corrected chi connectivity index (χ2v) is 4.77. The summed E-state index contributed by atoms with van der Waals surface area (Å²) in [7, 11) is 2.19. The molecule has 0 bridgehead atoms. The van der Waals surface area contributed by atoms with Crippen molar-refractivity contribution in [2.45, 2.75) is 37.8 Å². The van der Waals surface area contributed by atoms with E-state index in [2.05, 4.69) is 30.2 Å². The monoisotopic (exact) mass is 213 g/mol. The average molecular weight is 213 g/mol. The van der Waals surface area contributed by atoms with Crippen molar-refractivity contribution in [3.63, 3.8) is 0 Å². The number of rotatable bonds is 1. The van der Waals surface area contributed by atoms with Crippen LogP contribution in [0.15, 0.2) is 34.9 Å². The zero-order valence-electron chi connectivity index (χ0n) is 9.69. The second kappa shape index (κ2) is 3.88. The lowest BCUT2D eigenvalue weighted by Crippen LogP contribution is -2.38. The molecule has 1 saturated carbocycles. The van der Waals surface area contributed by atoms with Crippen molar-refractivity contribution in [2.75, 3.05) is 7.05 Å². The Kier molecular flexibility index (Phi) is 2.37. The van der Waals surface area contributed by atoms with Crippen molar-refractivity contribution in [3.8, 4) is 0 Å². The summed E-state index contributed by atoms with van der Waals surface area (Å²) in [5, 5.41) is 0. The fourth-order valence-corrected chi connectivity index (χ4v) is 2.91. The molecular formula is C14H17N2+. The molecule has 3 rings (SSSR count). The normalized spacial score (nSPS) is 31.9. The minimum Gasteiger partial charge on any atom is -0.352 e. The SMILES string of the molecule is CN1C(C2=CC=[C+]C=C2)=N[C@H]2CCCC[C@H]21. The Morgan fingerprint density at radius 2 is 2.25 bits per heavy atom. The smallest absolute Gasteiger partial charge is 0.159 e. The minimum atomic E-state index is 0.540. The van der Waals surface area contributed by atoms with E-state index in [1.54, 1.807) is 0 Å². The molecular weight excluding hydrogens is 196 g/mol. The standard InChI is InChI=1S/C14H17N2/c1-16-13-10-6-5-9-12(13)15-14(16)11-7-3-2-4-8-11/h3-4,7-8,12-13H,5-6,9-10H2,1H3/q+1/t12-,13+/m0/s1. The lowest BCUT2D eigenvalue weighted by Gasteiger charge is -2.29. The zero-order chi connectivity index (χ0) is 11.0. The van der Waals surface area contributed by atoms with E-state index in [-0.39, 0.29) is 0 Å². The summed E-state index contributed by atoms with van der Waals surface area (Å²) in [6.45, 7) is 0. The minimum absolute atomic E-state index is 0.540. The number of amidine groups is 1. The Labute approximate surface area is 97.1 Å². The van der Waals surface area contributed by atoms with E-state index in [0.29, 0.717) is 12.1 Å². The highest BCUT2D eigenvalue weighted by atomic mass is 15.3. The summed E-state index contributed by atoms with van der Waals surface area (Å²) in [6.07, 6.45) is 16.5. The van der Waals surface area contributed by atoms with Crippen LogP contribution < -0.4 is 0 Å². The number of allylic oxidation sites excluding steroid dienone is 4.